The molecule has 0 fully saturated rings. The van der Waals surface area contributed by atoms with Crippen LogP contribution in [0.5, 0.6) is 5.75 Å². The van der Waals surface area contributed by atoms with Crippen molar-refractivity contribution in [3.8, 4) is 5.75 Å². The molecule has 1 aliphatic heterocycles. The molecule has 3 aromatic rings. The average Bonchev–Trinajstić information content (AvgIpc) is 3.10. The highest BCUT2D eigenvalue weighted by molar-refractivity contribution is 6.34. The maximum atomic E-state index is 6.14. The van der Waals surface area contributed by atoms with Crippen LogP contribution in [0.15, 0.2) is 59.6 Å². The molecule has 0 saturated carbocycles. The molecular weight excluding hydrogens is 353 g/mol. The standard InChI is InChI=1S/C21H17Cl2NO/c1-25-20-5-4-13-6-15(3-2-14(13)9-20)21-10-17(12-24-21)16-7-18(22)11-19(23)8-16/h2-9,11,17H,10,12H2,1H3. The van der Waals surface area contributed by atoms with Gasteiger partial charge < -0.3 is 4.74 Å². The van der Waals surface area contributed by atoms with Crippen molar-refractivity contribution in [1.82, 2.24) is 0 Å². The van der Waals surface area contributed by atoms with Gasteiger partial charge in [0, 0.05) is 28.2 Å². The fourth-order valence-corrected chi connectivity index (χ4v) is 3.90. The van der Waals surface area contributed by atoms with Crippen LogP contribution in [0.4, 0.5) is 0 Å². The molecule has 0 radical (unpaired) electrons. The first-order chi connectivity index (χ1) is 12.1. The lowest BCUT2D eigenvalue weighted by Crippen LogP contribution is -2.02. The first kappa shape index (κ1) is 16.4. The first-order valence-corrected chi connectivity index (χ1v) is 8.95. The summed E-state index contributed by atoms with van der Waals surface area (Å²) in [6.07, 6.45) is 0.901. The van der Waals surface area contributed by atoms with Crippen molar-refractivity contribution in [2.45, 2.75) is 12.3 Å². The van der Waals surface area contributed by atoms with Crippen LogP contribution in [0.25, 0.3) is 10.8 Å². The lowest BCUT2D eigenvalue weighted by Gasteiger charge is -2.11. The van der Waals surface area contributed by atoms with Crippen LogP contribution >= 0.6 is 23.2 Å². The highest BCUT2D eigenvalue weighted by atomic mass is 35.5. The molecule has 3 aromatic carbocycles. The SMILES string of the molecule is COc1ccc2cc(C3=NCC(c4cc(Cl)cc(Cl)c4)C3)ccc2c1. The van der Waals surface area contributed by atoms with E-state index in [-0.39, 0.29) is 0 Å². The van der Waals surface area contributed by atoms with E-state index in [1.807, 2.05) is 24.3 Å². The Morgan fingerprint density at radius 3 is 2.40 bits per heavy atom. The van der Waals surface area contributed by atoms with Gasteiger partial charge in [0.25, 0.3) is 0 Å². The largest absolute Gasteiger partial charge is 0.497 e. The predicted molar refractivity (Wildman–Crippen MR) is 106 cm³/mol. The molecule has 0 amide bonds. The number of rotatable bonds is 3. The van der Waals surface area contributed by atoms with E-state index in [9.17, 15) is 0 Å². The van der Waals surface area contributed by atoms with Gasteiger partial charge in [-0.25, -0.2) is 0 Å². The number of ether oxygens (including phenoxy) is 1. The van der Waals surface area contributed by atoms with Gasteiger partial charge in [-0.2, -0.15) is 0 Å². The molecule has 0 saturated heterocycles. The van der Waals surface area contributed by atoms with E-state index in [2.05, 4.69) is 24.3 Å². The van der Waals surface area contributed by atoms with Gasteiger partial charge in [-0.3, -0.25) is 4.99 Å². The van der Waals surface area contributed by atoms with Gasteiger partial charge >= 0.3 is 0 Å². The molecule has 1 atom stereocenters. The van der Waals surface area contributed by atoms with Crippen molar-refractivity contribution in [3.63, 3.8) is 0 Å². The minimum Gasteiger partial charge on any atom is -0.497 e. The predicted octanol–water partition coefficient (Wildman–Crippen LogP) is 6.13. The summed E-state index contributed by atoms with van der Waals surface area (Å²) in [5, 5.41) is 3.71. The summed E-state index contributed by atoms with van der Waals surface area (Å²) in [4.78, 5) is 4.77. The molecule has 0 spiro atoms. The Labute approximate surface area is 157 Å². The molecular formula is C21H17Cl2NO. The van der Waals surface area contributed by atoms with Gasteiger partial charge in [-0.1, -0.05) is 41.4 Å². The van der Waals surface area contributed by atoms with E-state index < -0.39 is 0 Å². The summed E-state index contributed by atoms with van der Waals surface area (Å²) < 4.78 is 5.29. The topological polar surface area (TPSA) is 21.6 Å². The Morgan fingerprint density at radius 1 is 0.920 bits per heavy atom. The smallest absolute Gasteiger partial charge is 0.119 e. The van der Waals surface area contributed by atoms with Gasteiger partial charge in [-0.15, -0.1) is 0 Å². The van der Waals surface area contributed by atoms with Crippen molar-refractivity contribution >= 4 is 39.7 Å². The second-order valence-electron chi connectivity index (χ2n) is 6.32. The lowest BCUT2D eigenvalue weighted by molar-refractivity contribution is 0.415. The molecule has 0 aromatic heterocycles. The van der Waals surface area contributed by atoms with Gasteiger partial charge in [-0.05, 0) is 64.7 Å². The minimum absolute atomic E-state index is 0.331. The van der Waals surface area contributed by atoms with Crippen LogP contribution in [0.2, 0.25) is 10.0 Å². The highest BCUT2D eigenvalue weighted by Crippen LogP contribution is 2.32. The highest BCUT2D eigenvalue weighted by Gasteiger charge is 2.22. The van der Waals surface area contributed by atoms with E-state index in [1.165, 1.54) is 16.3 Å². The maximum Gasteiger partial charge on any atom is 0.119 e. The third-order valence-electron chi connectivity index (χ3n) is 4.68. The van der Waals surface area contributed by atoms with Crippen molar-refractivity contribution in [1.29, 1.82) is 0 Å². The van der Waals surface area contributed by atoms with Crippen LogP contribution in [0.3, 0.4) is 0 Å². The molecule has 0 N–H and O–H groups in total. The second-order valence-corrected chi connectivity index (χ2v) is 7.19. The van der Waals surface area contributed by atoms with E-state index in [0.29, 0.717) is 16.0 Å². The second kappa shape index (κ2) is 6.70. The van der Waals surface area contributed by atoms with Crippen LogP contribution < -0.4 is 4.74 Å². The molecule has 1 aliphatic rings. The number of aliphatic imine (C=N–C) groups is 1. The molecule has 1 unspecified atom stereocenters. The van der Waals surface area contributed by atoms with Crippen LogP contribution in [-0.2, 0) is 0 Å². The zero-order valence-corrected chi connectivity index (χ0v) is 15.3. The zero-order valence-electron chi connectivity index (χ0n) is 13.8. The van der Waals surface area contributed by atoms with Gasteiger partial charge in [0.1, 0.15) is 5.75 Å². The summed E-state index contributed by atoms with van der Waals surface area (Å²) in [5.74, 6) is 1.20. The number of fused-ring (bicyclic) bond motifs is 1. The van der Waals surface area contributed by atoms with Crippen LogP contribution in [0.1, 0.15) is 23.5 Å². The molecule has 4 heteroatoms. The fraction of sp³-hybridized carbons (Fsp3) is 0.190. The Morgan fingerprint density at radius 2 is 1.64 bits per heavy atom. The first-order valence-electron chi connectivity index (χ1n) is 8.20. The number of nitrogens with zero attached hydrogens (tertiary/aromatic N) is 1. The Balaban J connectivity index is 1.59. The molecule has 4 rings (SSSR count). The molecule has 126 valence electrons. The number of halogens is 2. The number of methoxy groups -OCH3 is 1. The third kappa shape index (κ3) is 3.37. The van der Waals surface area contributed by atoms with Crippen molar-refractivity contribution < 1.29 is 4.74 Å². The summed E-state index contributed by atoms with van der Waals surface area (Å²) >= 11 is 12.3. The normalized spacial score (nSPS) is 16.9. The van der Waals surface area contributed by atoms with Crippen molar-refractivity contribution in [3.05, 3.63) is 75.8 Å². The minimum atomic E-state index is 0.331. The summed E-state index contributed by atoms with van der Waals surface area (Å²) in [6.45, 7) is 0.770. The van der Waals surface area contributed by atoms with Crippen LogP contribution in [0, 0.1) is 0 Å². The van der Waals surface area contributed by atoms with Gasteiger partial charge in [0.05, 0.1) is 7.11 Å². The average molecular weight is 370 g/mol. The monoisotopic (exact) mass is 369 g/mol. The van der Waals surface area contributed by atoms with Crippen LogP contribution in [-0.4, -0.2) is 19.4 Å². The third-order valence-corrected chi connectivity index (χ3v) is 5.12. The Hall–Kier alpha value is -2.03. The lowest BCUT2D eigenvalue weighted by atomic mass is 9.93. The Kier molecular flexibility index (Phi) is 4.41. The van der Waals surface area contributed by atoms with E-state index in [0.717, 1.165) is 30.0 Å². The van der Waals surface area contributed by atoms with Crippen molar-refractivity contribution in [2.75, 3.05) is 13.7 Å². The van der Waals surface area contributed by atoms with E-state index >= 15 is 0 Å². The summed E-state index contributed by atoms with van der Waals surface area (Å²) in [5.41, 5.74) is 3.47. The van der Waals surface area contributed by atoms with E-state index in [1.54, 1.807) is 13.2 Å². The fourth-order valence-electron chi connectivity index (χ4n) is 3.36. The molecule has 1 heterocycles. The molecule has 0 bridgehead atoms. The molecule has 25 heavy (non-hydrogen) atoms. The zero-order chi connectivity index (χ0) is 17.4. The van der Waals surface area contributed by atoms with Gasteiger partial charge in [0.2, 0.25) is 0 Å². The number of hydrogen-bond acceptors (Lipinski definition) is 2. The number of benzene rings is 3. The summed E-state index contributed by atoms with van der Waals surface area (Å²) in [6, 6.07) is 18.3. The van der Waals surface area contributed by atoms with Gasteiger partial charge in [0.15, 0.2) is 0 Å². The summed E-state index contributed by atoms with van der Waals surface area (Å²) in [7, 11) is 1.69. The molecule has 0 aliphatic carbocycles. The maximum absolute atomic E-state index is 6.14. The quantitative estimate of drug-likeness (QED) is 0.543. The molecule has 2 nitrogen and oxygen atoms in total. The number of hydrogen-bond donors (Lipinski definition) is 0. The van der Waals surface area contributed by atoms with Crippen molar-refractivity contribution in [2.24, 2.45) is 4.99 Å². The van der Waals surface area contributed by atoms with E-state index in [4.69, 9.17) is 32.9 Å². The Bertz CT molecular complexity index is 961.